The van der Waals surface area contributed by atoms with Crippen molar-refractivity contribution in [3.05, 3.63) is 63.7 Å². The van der Waals surface area contributed by atoms with Crippen LogP contribution in [0.3, 0.4) is 0 Å². The summed E-state index contributed by atoms with van der Waals surface area (Å²) < 4.78 is 42.1. The van der Waals surface area contributed by atoms with Crippen molar-refractivity contribution in [2.75, 3.05) is 23.3 Å². The maximum Gasteiger partial charge on any atom is 0.416 e. The summed E-state index contributed by atoms with van der Waals surface area (Å²) in [5, 5.41) is 19.3. The Morgan fingerprint density at radius 3 is 2.47 bits per heavy atom. The Labute approximate surface area is 215 Å². The van der Waals surface area contributed by atoms with Crippen LogP contribution in [0, 0.1) is 17.0 Å². The van der Waals surface area contributed by atoms with E-state index in [2.05, 4.69) is 25.3 Å². The number of benzene rings is 1. The fourth-order valence-electron chi connectivity index (χ4n) is 4.65. The second-order valence-corrected chi connectivity index (χ2v) is 9.38. The Morgan fingerprint density at radius 1 is 1.11 bits per heavy atom. The number of nitrogens with zero attached hydrogens (tertiary/aromatic N) is 7. The van der Waals surface area contributed by atoms with Crippen molar-refractivity contribution < 1.29 is 18.1 Å². The van der Waals surface area contributed by atoms with Crippen molar-refractivity contribution in [2.45, 2.75) is 38.9 Å². The standard InChI is InChI=1S/C25H25F3N8O2/c1-14(16-8-18(25(26,27)28)10-19(9-16)36(37)38)30-22-21-11-20(17-12-29-34(3)13-17)24(35-6-4-5-7-35)33-23(21)32-15(2)31-22/h8-14H,4-7H2,1-3H3,(H,30,31,32,33)/t14-/m1/s1. The summed E-state index contributed by atoms with van der Waals surface area (Å²) in [6.45, 7) is 5.06. The van der Waals surface area contributed by atoms with Crippen LogP contribution in [0.5, 0.6) is 0 Å². The number of pyridine rings is 1. The van der Waals surface area contributed by atoms with Gasteiger partial charge < -0.3 is 10.2 Å². The first-order chi connectivity index (χ1) is 18.0. The normalized spacial score (nSPS) is 14.7. The zero-order chi connectivity index (χ0) is 27.2. The molecule has 1 N–H and O–H groups in total. The topological polar surface area (TPSA) is 115 Å². The van der Waals surface area contributed by atoms with Crippen LogP contribution in [0.25, 0.3) is 22.2 Å². The van der Waals surface area contributed by atoms with E-state index in [-0.39, 0.29) is 5.56 Å². The molecule has 0 aliphatic carbocycles. The molecule has 5 rings (SSSR count). The highest BCUT2D eigenvalue weighted by molar-refractivity contribution is 5.94. The zero-order valence-corrected chi connectivity index (χ0v) is 21.0. The SMILES string of the molecule is Cc1nc(N[C@H](C)c2cc([N+](=O)[O-])cc(C(F)(F)F)c2)c2cc(-c3cnn(C)c3)c(N3CCCC3)nc2n1. The Kier molecular flexibility index (Phi) is 6.37. The number of hydrogen-bond donors (Lipinski definition) is 1. The van der Waals surface area contributed by atoms with Crippen LogP contribution in [0.4, 0.5) is 30.5 Å². The van der Waals surface area contributed by atoms with Gasteiger partial charge in [0.05, 0.1) is 28.1 Å². The second kappa shape index (κ2) is 9.54. The number of nitrogens with one attached hydrogen (secondary N) is 1. The number of alkyl halides is 3. The minimum atomic E-state index is -4.73. The highest BCUT2D eigenvalue weighted by atomic mass is 19.4. The number of nitro groups is 1. The minimum absolute atomic E-state index is 0.102. The van der Waals surface area contributed by atoms with E-state index in [4.69, 9.17) is 4.98 Å². The molecule has 0 spiro atoms. The molecular weight excluding hydrogens is 501 g/mol. The molecule has 1 aliphatic heterocycles. The lowest BCUT2D eigenvalue weighted by atomic mass is 10.0. The summed E-state index contributed by atoms with van der Waals surface area (Å²) in [6, 6.07) is 3.74. The van der Waals surface area contributed by atoms with Gasteiger partial charge in [0, 0.05) is 49.6 Å². The van der Waals surface area contributed by atoms with Crippen LogP contribution in [-0.4, -0.2) is 42.7 Å². The zero-order valence-electron chi connectivity index (χ0n) is 21.0. The smallest absolute Gasteiger partial charge is 0.363 e. The molecule has 13 heteroatoms. The number of halogens is 3. The first-order valence-electron chi connectivity index (χ1n) is 12.1. The molecule has 10 nitrogen and oxygen atoms in total. The molecule has 0 radical (unpaired) electrons. The van der Waals surface area contributed by atoms with Crippen molar-refractivity contribution in [3.8, 4) is 11.1 Å². The van der Waals surface area contributed by atoms with Crippen LogP contribution in [0.2, 0.25) is 0 Å². The molecule has 0 unspecified atom stereocenters. The van der Waals surface area contributed by atoms with Gasteiger partial charge >= 0.3 is 6.18 Å². The summed E-state index contributed by atoms with van der Waals surface area (Å²) in [5.74, 6) is 1.58. The predicted octanol–water partition coefficient (Wildman–Crippen LogP) is 5.43. The Hall–Kier alpha value is -4.29. The quantitative estimate of drug-likeness (QED) is 0.261. The molecule has 198 valence electrons. The summed E-state index contributed by atoms with van der Waals surface area (Å²) in [7, 11) is 1.82. The van der Waals surface area contributed by atoms with Gasteiger partial charge in [-0.15, -0.1) is 0 Å². The molecule has 1 aromatic carbocycles. The van der Waals surface area contributed by atoms with E-state index in [9.17, 15) is 23.3 Å². The largest absolute Gasteiger partial charge is 0.416 e. The summed E-state index contributed by atoms with van der Waals surface area (Å²) in [4.78, 5) is 26.6. The molecule has 0 saturated carbocycles. The fourth-order valence-corrected chi connectivity index (χ4v) is 4.65. The van der Waals surface area contributed by atoms with Crippen molar-refractivity contribution in [3.63, 3.8) is 0 Å². The van der Waals surface area contributed by atoms with E-state index < -0.39 is 28.4 Å². The van der Waals surface area contributed by atoms with Crippen LogP contribution in [0.15, 0.2) is 36.7 Å². The molecule has 1 saturated heterocycles. The van der Waals surface area contributed by atoms with Crippen molar-refractivity contribution in [2.24, 2.45) is 7.05 Å². The maximum absolute atomic E-state index is 13.5. The number of rotatable bonds is 6. The molecule has 4 aromatic rings. The lowest BCUT2D eigenvalue weighted by molar-refractivity contribution is -0.385. The first-order valence-corrected chi connectivity index (χ1v) is 12.1. The van der Waals surface area contributed by atoms with E-state index in [1.54, 1.807) is 24.7 Å². The van der Waals surface area contributed by atoms with Gasteiger partial charge in [-0.25, -0.2) is 15.0 Å². The number of non-ortho nitro benzene ring substituents is 1. The summed E-state index contributed by atoms with van der Waals surface area (Å²) in [5.41, 5.74) is 0.516. The van der Waals surface area contributed by atoms with Crippen molar-refractivity contribution in [1.82, 2.24) is 24.7 Å². The number of aryl methyl sites for hydroxylation is 2. The van der Waals surface area contributed by atoms with Gasteiger partial charge in [-0.05, 0) is 44.4 Å². The van der Waals surface area contributed by atoms with E-state index in [0.717, 1.165) is 55.0 Å². The molecule has 0 amide bonds. The summed E-state index contributed by atoms with van der Waals surface area (Å²) in [6.07, 6.45) is 1.02. The Morgan fingerprint density at radius 2 is 1.84 bits per heavy atom. The highest BCUT2D eigenvalue weighted by Crippen LogP contribution is 2.37. The molecule has 1 fully saturated rings. The Balaban J connectivity index is 1.61. The van der Waals surface area contributed by atoms with Crippen LogP contribution in [-0.2, 0) is 13.2 Å². The molecule has 1 aliphatic rings. The van der Waals surface area contributed by atoms with E-state index >= 15 is 0 Å². The molecule has 0 bridgehead atoms. The summed E-state index contributed by atoms with van der Waals surface area (Å²) >= 11 is 0. The predicted molar refractivity (Wildman–Crippen MR) is 136 cm³/mol. The number of anilines is 2. The van der Waals surface area contributed by atoms with Crippen LogP contribution in [0.1, 0.15) is 42.8 Å². The highest BCUT2D eigenvalue weighted by Gasteiger charge is 2.33. The fraction of sp³-hybridized carbons (Fsp3) is 0.360. The monoisotopic (exact) mass is 526 g/mol. The number of aromatic nitrogens is 5. The molecular formula is C25H25F3N8O2. The number of nitro benzene ring substituents is 1. The van der Waals surface area contributed by atoms with Gasteiger partial charge in [-0.2, -0.15) is 18.3 Å². The molecule has 4 heterocycles. The van der Waals surface area contributed by atoms with Gasteiger partial charge in [-0.1, -0.05) is 0 Å². The third-order valence-electron chi connectivity index (χ3n) is 6.53. The lowest BCUT2D eigenvalue weighted by Crippen LogP contribution is -2.20. The van der Waals surface area contributed by atoms with Crippen molar-refractivity contribution >= 4 is 28.4 Å². The Bertz CT molecular complexity index is 1530. The average molecular weight is 527 g/mol. The lowest BCUT2D eigenvalue weighted by Gasteiger charge is -2.22. The van der Waals surface area contributed by atoms with E-state index in [1.807, 2.05) is 19.3 Å². The van der Waals surface area contributed by atoms with E-state index in [0.29, 0.717) is 28.7 Å². The van der Waals surface area contributed by atoms with Gasteiger partial charge in [0.2, 0.25) is 0 Å². The first kappa shape index (κ1) is 25.4. The van der Waals surface area contributed by atoms with Gasteiger partial charge in [0.25, 0.3) is 5.69 Å². The van der Waals surface area contributed by atoms with Gasteiger partial charge in [-0.3, -0.25) is 14.8 Å². The average Bonchev–Trinajstić information content (AvgIpc) is 3.54. The number of fused-ring (bicyclic) bond motifs is 1. The van der Waals surface area contributed by atoms with Crippen molar-refractivity contribution in [1.29, 1.82) is 0 Å². The second-order valence-electron chi connectivity index (χ2n) is 9.38. The third-order valence-corrected chi connectivity index (χ3v) is 6.53. The van der Waals surface area contributed by atoms with Crippen LogP contribution < -0.4 is 10.2 Å². The molecule has 1 atom stereocenters. The van der Waals surface area contributed by atoms with Crippen LogP contribution >= 0.6 is 0 Å². The van der Waals surface area contributed by atoms with Gasteiger partial charge in [0.15, 0.2) is 5.65 Å². The molecule has 38 heavy (non-hydrogen) atoms. The van der Waals surface area contributed by atoms with Gasteiger partial charge in [0.1, 0.15) is 17.5 Å². The maximum atomic E-state index is 13.5. The minimum Gasteiger partial charge on any atom is -0.363 e. The number of hydrogen-bond acceptors (Lipinski definition) is 8. The third kappa shape index (κ3) is 4.95. The molecule has 3 aromatic heterocycles. The van der Waals surface area contributed by atoms with E-state index in [1.165, 1.54) is 0 Å².